The zero-order chi connectivity index (χ0) is 14.8. The van der Waals surface area contributed by atoms with Gasteiger partial charge in [0.1, 0.15) is 5.75 Å². The first kappa shape index (κ1) is 15.1. The molecule has 0 radical (unpaired) electrons. The van der Waals surface area contributed by atoms with Gasteiger partial charge in [-0.3, -0.25) is 0 Å². The van der Waals surface area contributed by atoms with Crippen LogP contribution in [0.3, 0.4) is 0 Å². The Morgan fingerprint density at radius 1 is 1.35 bits per heavy atom. The summed E-state index contributed by atoms with van der Waals surface area (Å²) in [5.41, 5.74) is 1.12. The predicted molar refractivity (Wildman–Crippen MR) is 68.9 cm³/mol. The van der Waals surface area contributed by atoms with E-state index in [-0.39, 0.29) is 6.61 Å². The number of halogens is 3. The normalized spacial score (nSPS) is 22.4. The van der Waals surface area contributed by atoms with Crippen LogP contribution in [-0.2, 0) is 12.8 Å². The highest BCUT2D eigenvalue weighted by Crippen LogP contribution is 2.31. The lowest BCUT2D eigenvalue weighted by atomic mass is 9.78. The number of benzene rings is 1. The largest absolute Gasteiger partial charge is 0.497 e. The van der Waals surface area contributed by atoms with Gasteiger partial charge in [0.25, 0.3) is 0 Å². The van der Waals surface area contributed by atoms with Crippen LogP contribution >= 0.6 is 0 Å². The van der Waals surface area contributed by atoms with Crippen molar-refractivity contribution in [1.29, 1.82) is 0 Å². The lowest BCUT2D eigenvalue weighted by Crippen LogP contribution is -2.55. The molecule has 2 rings (SSSR count). The Bertz CT molecular complexity index is 476. The fourth-order valence-corrected chi connectivity index (χ4v) is 2.59. The van der Waals surface area contributed by atoms with Crippen molar-refractivity contribution in [3.63, 3.8) is 0 Å². The van der Waals surface area contributed by atoms with E-state index in [1.54, 1.807) is 7.11 Å². The highest BCUT2D eigenvalue weighted by molar-refractivity contribution is 5.39. The molecule has 1 aromatic rings. The van der Waals surface area contributed by atoms with Crippen molar-refractivity contribution in [1.82, 2.24) is 5.32 Å². The van der Waals surface area contributed by atoms with Gasteiger partial charge in [0.2, 0.25) is 0 Å². The predicted octanol–water partition coefficient (Wildman–Crippen LogP) is 2.07. The third-order valence-electron chi connectivity index (χ3n) is 3.78. The summed E-state index contributed by atoms with van der Waals surface area (Å²) in [6.45, 7) is -1.41. The summed E-state index contributed by atoms with van der Waals surface area (Å²) >= 11 is 0. The van der Waals surface area contributed by atoms with Gasteiger partial charge < -0.3 is 15.2 Å². The van der Waals surface area contributed by atoms with E-state index in [0.29, 0.717) is 25.0 Å². The molecule has 1 aliphatic rings. The average Bonchev–Trinajstić information content (AvgIpc) is 2.43. The summed E-state index contributed by atoms with van der Waals surface area (Å²) < 4.78 is 42.2. The molecule has 0 aliphatic heterocycles. The van der Waals surface area contributed by atoms with Crippen molar-refractivity contribution in [3.8, 4) is 5.75 Å². The first-order valence-corrected chi connectivity index (χ1v) is 6.46. The van der Waals surface area contributed by atoms with Crippen molar-refractivity contribution >= 4 is 0 Å². The Balaban J connectivity index is 2.17. The molecule has 0 amide bonds. The topological polar surface area (TPSA) is 41.5 Å². The smallest absolute Gasteiger partial charge is 0.401 e. The number of fused-ring (bicyclic) bond motifs is 1. The first-order chi connectivity index (χ1) is 9.37. The van der Waals surface area contributed by atoms with Gasteiger partial charge >= 0.3 is 6.18 Å². The van der Waals surface area contributed by atoms with Crippen LogP contribution in [0.1, 0.15) is 17.5 Å². The first-order valence-electron chi connectivity index (χ1n) is 6.46. The number of aryl methyl sites for hydroxylation is 1. The molecule has 0 saturated heterocycles. The highest BCUT2D eigenvalue weighted by atomic mass is 19.4. The van der Waals surface area contributed by atoms with Crippen LogP contribution < -0.4 is 10.1 Å². The summed E-state index contributed by atoms with van der Waals surface area (Å²) in [6, 6.07) is 5.60. The van der Waals surface area contributed by atoms with Crippen LogP contribution in [0.5, 0.6) is 5.75 Å². The van der Waals surface area contributed by atoms with Gasteiger partial charge in [-0.1, -0.05) is 6.07 Å². The number of aliphatic hydroxyl groups is 1. The molecule has 1 unspecified atom stereocenters. The molecule has 2 N–H and O–H groups in total. The molecular formula is C14H18F3NO2. The van der Waals surface area contributed by atoms with Crippen molar-refractivity contribution in [2.24, 2.45) is 0 Å². The van der Waals surface area contributed by atoms with Gasteiger partial charge in [-0.05, 0) is 42.5 Å². The molecule has 1 aromatic carbocycles. The minimum absolute atomic E-state index is 0.320. The minimum Gasteiger partial charge on any atom is -0.497 e. The van der Waals surface area contributed by atoms with Gasteiger partial charge in [0.05, 0.1) is 20.3 Å². The third kappa shape index (κ3) is 3.43. The maximum atomic E-state index is 12.4. The van der Waals surface area contributed by atoms with E-state index in [1.165, 1.54) is 0 Å². The van der Waals surface area contributed by atoms with Gasteiger partial charge in [0.15, 0.2) is 0 Å². The van der Waals surface area contributed by atoms with Crippen molar-refractivity contribution in [2.75, 3.05) is 20.3 Å². The summed E-state index contributed by atoms with van der Waals surface area (Å²) in [4.78, 5) is 0. The fraction of sp³-hybridized carbons (Fsp3) is 0.571. The van der Waals surface area contributed by atoms with Crippen molar-refractivity contribution in [2.45, 2.75) is 31.0 Å². The Labute approximate surface area is 115 Å². The number of methoxy groups -OCH3 is 1. The standard InChI is InChI=1S/C14H18F3NO2/c1-20-12-3-2-10-4-5-13(9-19,7-11(10)6-12)18-8-14(15,16)17/h2-3,6,18-19H,4-5,7-9H2,1H3. The monoisotopic (exact) mass is 289 g/mol. The van der Waals surface area contributed by atoms with E-state index in [9.17, 15) is 18.3 Å². The van der Waals surface area contributed by atoms with E-state index < -0.39 is 18.3 Å². The number of rotatable bonds is 4. The second-order valence-corrected chi connectivity index (χ2v) is 5.22. The zero-order valence-electron chi connectivity index (χ0n) is 11.3. The summed E-state index contributed by atoms with van der Waals surface area (Å²) in [5, 5.41) is 12.0. The van der Waals surface area contributed by atoms with Crippen LogP contribution in [0.4, 0.5) is 13.2 Å². The molecule has 0 spiro atoms. The van der Waals surface area contributed by atoms with Gasteiger partial charge in [-0.2, -0.15) is 13.2 Å². The molecule has 3 nitrogen and oxygen atoms in total. The summed E-state index contributed by atoms with van der Waals surface area (Å²) in [6.07, 6.45) is -2.79. The van der Waals surface area contributed by atoms with E-state index in [0.717, 1.165) is 11.1 Å². The maximum absolute atomic E-state index is 12.4. The number of hydrogen-bond acceptors (Lipinski definition) is 3. The van der Waals surface area contributed by atoms with Gasteiger partial charge in [0, 0.05) is 5.54 Å². The fourth-order valence-electron chi connectivity index (χ4n) is 2.59. The van der Waals surface area contributed by atoms with Crippen LogP contribution in [-0.4, -0.2) is 37.1 Å². The minimum atomic E-state index is -4.28. The lowest BCUT2D eigenvalue weighted by Gasteiger charge is -2.38. The molecular weight excluding hydrogens is 271 g/mol. The zero-order valence-corrected chi connectivity index (χ0v) is 11.3. The summed E-state index contributed by atoms with van der Waals surface area (Å²) in [5.74, 6) is 0.674. The number of hydrogen-bond donors (Lipinski definition) is 2. The Hall–Kier alpha value is -1.27. The molecule has 20 heavy (non-hydrogen) atoms. The molecule has 0 aromatic heterocycles. The molecule has 1 aliphatic carbocycles. The lowest BCUT2D eigenvalue weighted by molar-refractivity contribution is -0.130. The molecule has 0 bridgehead atoms. The van der Waals surface area contributed by atoms with Crippen LogP contribution in [0.25, 0.3) is 0 Å². The van der Waals surface area contributed by atoms with E-state index >= 15 is 0 Å². The van der Waals surface area contributed by atoms with Crippen molar-refractivity contribution in [3.05, 3.63) is 29.3 Å². The molecule has 112 valence electrons. The second-order valence-electron chi connectivity index (χ2n) is 5.22. The third-order valence-corrected chi connectivity index (χ3v) is 3.78. The molecule has 0 fully saturated rings. The van der Waals surface area contributed by atoms with Crippen molar-refractivity contribution < 1.29 is 23.0 Å². The van der Waals surface area contributed by atoms with Crippen LogP contribution in [0.15, 0.2) is 18.2 Å². The Morgan fingerprint density at radius 3 is 2.70 bits per heavy atom. The number of ether oxygens (including phenoxy) is 1. The van der Waals surface area contributed by atoms with E-state index in [4.69, 9.17) is 4.74 Å². The van der Waals surface area contributed by atoms with Crippen LogP contribution in [0.2, 0.25) is 0 Å². The Kier molecular flexibility index (Phi) is 4.25. The van der Waals surface area contributed by atoms with E-state index in [1.807, 2.05) is 18.2 Å². The maximum Gasteiger partial charge on any atom is 0.401 e. The number of alkyl halides is 3. The molecule has 0 heterocycles. The SMILES string of the molecule is COc1ccc2c(c1)CC(CO)(NCC(F)(F)F)CC2. The molecule has 1 atom stereocenters. The number of aliphatic hydroxyl groups excluding tert-OH is 1. The van der Waals surface area contributed by atoms with Gasteiger partial charge in [-0.25, -0.2) is 0 Å². The molecule has 0 saturated carbocycles. The Morgan fingerprint density at radius 2 is 2.10 bits per heavy atom. The number of nitrogens with one attached hydrogen (secondary N) is 1. The van der Waals surface area contributed by atoms with Crippen LogP contribution in [0, 0.1) is 0 Å². The molecule has 6 heteroatoms. The second kappa shape index (κ2) is 5.61. The quantitative estimate of drug-likeness (QED) is 0.891. The van der Waals surface area contributed by atoms with Gasteiger partial charge in [-0.15, -0.1) is 0 Å². The van der Waals surface area contributed by atoms with E-state index in [2.05, 4.69) is 5.32 Å². The average molecular weight is 289 g/mol. The summed E-state index contributed by atoms with van der Waals surface area (Å²) in [7, 11) is 1.55. The highest BCUT2D eigenvalue weighted by Gasteiger charge is 2.37.